The molecule has 9 heteroatoms. The monoisotopic (exact) mass is 399 g/mol. The van der Waals surface area contributed by atoms with Gasteiger partial charge in [0.2, 0.25) is 10.0 Å². The minimum absolute atomic E-state index is 0.0580. The number of rotatable bonds is 7. The van der Waals surface area contributed by atoms with Gasteiger partial charge in [0.05, 0.1) is 29.7 Å². The highest BCUT2D eigenvalue weighted by molar-refractivity contribution is 7.89. The van der Waals surface area contributed by atoms with Crippen LogP contribution in [-0.4, -0.2) is 49.8 Å². The number of hydrogen-bond donors (Lipinski definition) is 1. The van der Waals surface area contributed by atoms with E-state index < -0.39 is 10.0 Å². The Morgan fingerprint density at radius 1 is 1.46 bits per heavy atom. The Morgan fingerprint density at radius 2 is 2.31 bits per heavy atom. The summed E-state index contributed by atoms with van der Waals surface area (Å²) < 4.78 is 39.5. The highest BCUT2D eigenvalue weighted by atomic mass is 35.5. The number of ether oxygens (including phenoxy) is 2. The van der Waals surface area contributed by atoms with Crippen LogP contribution in [0.15, 0.2) is 36.7 Å². The van der Waals surface area contributed by atoms with Crippen molar-refractivity contribution in [2.45, 2.75) is 19.4 Å². The lowest BCUT2D eigenvalue weighted by atomic mass is 9.98. The van der Waals surface area contributed by atoms with Crippen LogP contribution in [0.3, 0.4) is 0 Å². The van der Waals surface area contributed by atoms with Gasteiger partial charge >= 0.3 is 0 Å². The van der Waals surface area contributed by atoms with Crippen molar-refractivity contribution in [2.75, 3.05) is 25.6 Å². The van der Waals surface area contributed by atoms with E-state index in [9.17, 15) is 8.42 Å². The lowest BCUT2D eigenvalue weighted by molar-refractivity contribution is 0.0186. The van der Waals surface area contributed by atoms with Crippen molar-refractivity contribution < 1.29 is 17.9 Å². The summed E-state index contributed by atoms with van der Waals surface area (Å²) in [5.41, 5.74) is 0.763. The number of halogens is 1. The molecule has 0 bridgehead atoms. The molecule has 1 fully saturated rings. The first-order valence-corrected chi connectivity index (χ1v) is 10.5. The van der Waals surface area contributed by atoms with Gasteiger partial charge < -0.3 is 9.47 Å². The predicted octanol–water partition coefficient (Wildman–Crippen LogP) is 2.25. The summed E-state index contributed by atoms with van der Waals surface area (Å²) in [6.07, 6.45) is 4.12. The zero-order valence-electron chi connectivity index (χ0n) is 14.5. The van der Waals surface area contributed by atoms with Gasteiger partial charge in [-0.3, -0.25) is 0 Å². The average Bonchev–Trinajstić information content (AvgIpc) is 3.15. The molecule has 0 spiro atoms. The van der Waals surface area contributed by atoms with E-state index in [1.54, 1.807) is 23.9 Å². The molecule has 142 valence electrons. The fourth-order valence-corrected chi connectivity index (χ4v) is 4.00. The van der Waals surface area contributed by atoms with Gasteiger partial charge in [0.1, 0.15) is 5.75 Å². The predicted molar refractivity (Wildman–Crippen MR) is 99.4 cm³/mol. The van der Waals surface area contributed by atoms with E-state index in [1.807, 2.05) is 24.4 Å². The molecule has 1 aliphatic rings. The molecule has 0 aliphatic carbocycles. The van der Waals surface area contributed by atoms with Gasteiger partial charge in [-0.05, 0) is 31.5 Å². The molecular weight excluding hydrogens is 378 g/mol. The van der Waals surface area contributed by atoms with Crippen LogP contribution in [0, 0.1) is 5.92 Å². The lowest BCUT2D eigenvalue weighted by Crippen LogP contribution is -2.47. The molecule has 7 nitrogen and oxygen atoms in total. The molecule has 1 aliphatic heterocycles. The van der Waals surface area contributed by atoms with Crippen molar-refractivity contribution in [2.24, 2.45) is 5.92 Å². The molecule has 1 saturated heterocycles. The molecule has 2 aromatic rings. The first-order chi connectivity index (χ1) is 12.5. The molecule has 3 rings (SSSR count). The summed E-state index contributed by atoms with van der Waals surface area (Å²) in [5.74, 6) is 0.617. The Labute approximate surface area is 158 Å². The zero-order chi connectivity index (χ0) is 18.6. The van der Waals surface area contributed by atoms with Crippen LogP contribution in [0.1, 0.15) is 13.3 Å². The van der Waals surface area contributed by atoms with Crippen molar-refractivity contribution in [1.82, 2.24) is 14.5 Å². The highest BCUT2D eigenvalue weighted by Crippen LogP contribution is 2.26. The quantitative estimate of drug-likeness (QED) is 0.772. The van der Waals surface area contributed by atoms with Crippen molar-refractivity contribution in [1.29, 1.82) is 0 Å². The van der Waals surface area contributed by atoms with E-state index in [0.29, 0.717) is 37.0 Å². The van der Waals surface area contributed by atoms with E-state index in [1.165, 1.54) is 0 Å². The van der Waals surface area contributed by atoms with Gasteiger partial charge in [0.25, 0.3) is 0 Å². The van der Waals surface area contributed by atoms with E-state index >= 15 is 0 Å². The summed E-state index contributed by atoms with van der Waals surface area (Å²) in [4.78, 5) is 0. The summed E-state index contributed by atoms with van der Waals surface area (Å²) in [5, 5.41) is 4.68. The van der Waals surface area contributed by atoms with Gasteiger partial charge in [-0.1, -0.05) is 11.6 Å². The van der Waals surface area contributed by atoms with Gasteiger partial charge in [-0.25, -0.2) is 17.8 Å². The maximum atomic E-state index is 11.9. The number of nitrogens with zero attached hydrogens (tertiary/aromatic N) is 2. The third-order valence-electron chi connectivity index (χ3n) is 4.32. The first kappa shape index (κ1) is 19.2. The minimum Gasteiger partial charge on any atom is -0.493 e. The average molecular weight is 400 g/mol. The lowest BCUT2D eigenvalue weighted by Gasteiger charge is -2.31. The number of sulfonamides is 1. The van der Waals surface area contributed by atoms with Gasteiger partial charge in [0, 0.05) is 37.0 Å². The molecule has 1 N–H and O–H groups in total. The van der Waals surface area contributed by atoms with Crippen LogP contribution in [0.2, 0.25) is 5.02 Å². The summed E-state index contributed by atoms with van der Waals surface area (Å²) in [7, 11) is -3.26. The second kappa shape index (κ2) is 8.39. The van der Waals surface area contributed by atoms with Crippen LogP contribution < -0.4 is 9.46 Å². The Bertz CT molecular complexity index is 827. The van der Waals surface area contributed by atoms with E-state index in [0.717, 1.165) is 5.69 Å². The second-order valence-electron chi connectivity index (χ2n) is 6.13. The molecule has 1 aromatic heterocycles. The SMILES string of the molecule is CCS(=O)(=O)NC1CCOCC1COc1ccc(-n2cccn2)c(Cl)c1. The molecular formula is C17H22ClN3O4S. The molecule has 2 atom stereocenters. The van der Waals surface area contributed by atoms with Crippen molar-refractivity contribution >= 4 is 21.6 Å². The molecule has 2 unspecified atom stereocenters. The summed E-state index contributed by atoms with van der Waals surface area (Å²) in [6, 6.07) is 7.01. The summed E-state index contributed by atoms with van der Waals surface area (Å²) in [6.45, 7) is 2.96. The fourth-order valence-electron chi connectivity index (χ4n) is 2.81. The third-order valence-corrected chi connectivity index (χ3v) is 6.04. The standard InChI is InChI=1S/C17H22ClN3O4S/c1-2-26(22,23)20-16-6-9-24-11-13(16)12-25-14-4-5-17(15(18)10-14)21-8-3-7-19-21/h3-5,7-8,10,13,16,20H,2,6,9,11-12H2,1H3. The van der Waals surface area contributed by atoms with Crippen LogP contribution in [0.25, 0.3) is 5.69 Å². The molecule has 0 radical (unpaired) electrons. The molecule has 26 heavy (non-hydrogen) atoms. The van der Waals surface area contributed by atoms with Crippen LogP contribution >= 0.6 is 11.6 Å². The topological polar surface area (TPSA) is 82.5 Å². The normalized spacial score (nSPS) is 20.8. The molecule has 0 saturated carbocycles. The molecule has 1 aromatic carbocycles. The van der Waals surface area contributed by atoms with E-state index in [2.05, 4.69) is 9.82 Å². The van der Waals surface area contributed by atoms with Crippen molar-refractivity contribution in [3.8, 4) is 11.4 Å². The largest absolute Gasteiger partial charge is 0.493 e. The highest BCUT2D eigenvalue weighted by Gasteiger charge is 2.29. The summed E-state index contributed by atoms with van der Waals surface area (Å²) >= 11 is 6.32. The minimum atomic E-state index is -3.26. The van der Waals surface area contributed by atoms with Crippen LogP contribution in [-0.2, 0) is 14.8 Å². The number of nitrogens with one attached hydrogen (secondary N) is 1. The maximum Gasteiger partial charge on any atom is 0.211 e. The van der Waals surface area contributed by atoms with Crippen molar-refractivity contribution in [3.63, 3.8) is 0 Å². The van der Waals surface area contributed by atoms with Crippen LogP contribution in [0.4, 0.5) is 0 Å². The van der Waals surface area contributed by atoms with Gasteiger partial charge in [-0.2, -0.15) is 5.10 Å². The second-order valence-corrected chi connectivity index (χ2v) is 8.58. The number of aromatic nitrogens is 2. The Morgan fingerprint density at radius 3 is 3.00 bits per heavy atom. The van der Waals surface area contributed by atoms with Gasteiger partial charge in [0.15, 0.2) is 0 Å². The first-order valence-electron chi connectivity index (χ1n) is 8.48. The van der Waals surface area contributed by atoms with Gasteiger partial charge in [-0.15, -0.1) is 0 Å². The smallest absolute Gasteiger partial charge is 0.211 e. The molecule has 0 amide bonds. The third kappa shape index (κ3) is 4.76. The Kier molecular flexibility index (Phi) is 6.18. The maximum absolute atomic E-state index is 11.9. The number of hydrogen-bond acceptors (Lipinski definition) is 5. The Hall–Kier alpha value is -1.61. The zero-order valence-corrected chi connectivity index (χ0v) is 16.0. The molecule has 2 heterocycles. The fraction of sp³-hybridized carbons (Fsp3) is 0.471. The Balaban J connectivity index is 1.64. The van der Waals surface area contributed by atoms with Crippen LogP contribution in [0.5, 0.6) is 5.75 Å². The van der Waals surface area contributed by atoms with Crippen molar-refractivity contribution in [3.05, 3.63) is 41.7 Å². The number of benzene rings is 1. The van der Waals surface area contributed by atoms with E-state index in [4.69, 9.17) is 21.1 Å². The van der Waals surface area contributed by atoms with E-state index in [-0.39, 0.29) is 17.7 Å².